The number of hydrogen-bond donors (Lipinski definition) is 1. The normalized spacial score (nSPS) is 10.2. The molecule has 0 saturated carbocycles. The van der Waals surface area contributed by atoms with Crippen LogP contribution in [0.2, 0.25) is 0 Å². The average Bonchev–Trinajstić information content (AvgIpc) is 2.25. The van der Waals surface area contributed by atoms with Crippen molar-refractivity contribution >= 4 is 17.8 Å². The lowest BCUT2D eigenvalue weighted by atomic mass is 10.2. The number of amides is 1. The fraction of sp³-hybridized carbons (Fsp3) is 0.500. The van der Waals surface area contributed by atoms with E-state index < -0.39 is 11.9 Å². The Morgan fingerprint density at radius 3 is 2.25 bits per heavy atom. The number of esters is 2. The van der Waals surface area contributed by atoms with Crippen molar-refractivity contribution in [2.45, 2.75) is 13.8 Å². The summed E-state index contributed by atoms with van der Waals surface area (Å²) in [6, 6.07) is 0. The van der Waals surface area contributed by atoms with E-state index in [4.69, 9.17) is 0 Å². The monoisotopic (exact) mass is 229 g/mol. The van der Waals surface area contributed by atoms with Gasteiger partial charge < -0.3 is 14.8 Å². The number of hydrogen-bond acceptors (Lipinski definition) is 5. The van der Waals surface area contributed by atoms with Crippen LogP contribution in [0.3, 0.4) is 0 Å². The quantitative estimate of drug-likeness (QED) is 0.407. The van der Waals surface area contributed by atoms with Crippen LogP contribution in [0.4, 0.5) is 0 Å². The number of nitrogens with one attached hydrogen (secondary N) is 1. The lowest BCUT2D eigenvalue weighted by molar-refractivity contribution is -0.141. The molecule has 0 bridgehead atoms. The molecule has 90 valence electrons. The Morgan fingerprint density at radius 1 is 1.19 bits per heavy atom. The van der Waals surface area contributed by atoms with Crippen LogP contribution in [0.15, 0.2) is 12.2 Å². The number of rotatable bonds is 5. The molecule has 0 aliphatic heterocycles. The summed E-state index contributed by atoms with van der Waals surface area (Å²) in [6.07, 6.45) is 1.86. The summed E-state index contributed by atoms with van der Waals surface area (Å²) in [6.45, 7) is 3.21. The first-order valence-corrected chi connectivity index (χ1v) is 4.68. The van der Waals surface area contributed by atoms with Crippen LogP contribution in [0, 0.1) is 5.92 Å². The zero-order valence-corrected chi connectivity index (χ0v) is 9.48. The van der Waals surface area contributed by atoms with Crippen molar-refractivity contribution < 1.29 is 23.9 Å². The molecule has 0 unspecified atom stereocenters. The molecule has 16 heavy (non-hydrogen) atoms. The standard InChI is InChI=1S/C10H15NO5/c1-7(2)10(14)11-6-16-9(13)5-4-8(12)15-3/h4-5,7H,6H2,1-3H3,(H,11,14)/b5-4+. The second-order valence-corrected chi connectivity index (χ2v) is 3.16. The molecular weight excluding hydrogens is 214 g/mol. The Labute approximate surface area is 93.6 Å². The highest BCUT2D eigenvalue weighted by Gasteiger charge is 2.06. The van der Waals surface area contributed by atoms with E-state index in [1.54, 1.807) is 13.8 Å². The molecule has 0 aromatic carbocycles. The van der Waals surface area contributed by atoms with Gasteiger partial charge >= 0.3 is 11.9 Å². The van der Waals surface area contributed by atoms with E-state index in [9.17, 15) is 14.4 Å². The summed E-state index contributed by atoms with van der Waals surface area (Å²) in [4.78, 5) is 32.6. The molecule has 0 rings (SSSR count). The third kappa shape index (κ3) is 6.58. The van der Waals surface area contributed by atoms with Gasteiger partial charge in [-0.15, -0.1) is 0 Å². The molecule has 1 N–H and O–H groups in total. The lowest BCUT2D eigenvalue weighted by Crippen LogP contribution is -2.30. The summed E-state index contributed by atoms with van der Waals surface area (Å²) in [7, 11) is 1.20. The van der Waals surface area contributed by atoms with Gasteiger partial charge in [0.05, 0.1) is 7.11 Å². The molecular formula is C10H15NO5. The molecule has 0 aliphatic rings. The van der Waals surface area contributed by atoms with Gasteiger partial charge in [-0.25, -0.2) is 9.59 Å². The van der Waals surface area contributed by atoms with Crippen molar-refractivity contribution in [3.8, 4) is 0 Å². The fourth-order valence-corrected chi connectivity index (χ4v) is 0.635. The van der Waals surface area contributed by atoms with Crippen LogP contribution in [-0.2, 0) is 23.9 Å². The SMILES string of the molecule is COC(=O)/C=C/C(=O)OCNC(=O)C(C)C. The van der Waals surface area contributed by atoms with Gasteiger partial charge in [-0.05, 0) is 0 Å². The molecule has 0 spiro atoms. The Hall–Kier alpha value is -1.85. The van der Waals surface area contributed by atoms with E-state index in [1.165, 1.54) is 7.11 Å². The van der Waals surface area contributed by atoms with E-state index in [1.807, 2.05) is 0 Å². The molecule has 6 heteroatoms. The summed E-state index contributed by atoms with van der Waals surface area (Å²) >= 11 is 0. The third-order valence-electron chi connectivity index (χ3n) is 1.54. The first-order chi connectivity index (χ1) is 7.47. The Bertz CT molecular complexity index is 296. The van der Waals surface area contributed by atoms with Crippen molar-refractivity contribution in [3.63, 3.8) is 0 Å². The van der Waals surface area contributed by atoms with Gasteiger partial charge in [0.15, 0.2) is 6.73 Å². The second kappa shape index (κ2) is 7.44. The van der Waals surface area contributed by atoms with Crippen LogP contribution in [0.5, 0.6) is 0 Å². The van der Waals surface area contributed by atoms with Gasteiger partial charge in [0, 0.05) is 18.1 Å². The lowest BCUT2D eigenvalue weighted by Gasteiger charge is -2.06. The summed E-state index contributed by atoms with van der Waals surface area (Å²) in [5.41, 5.74) is 0. The number of methoxy groups -OCH3 is 1. The van der Waals surface area contributed by atoms with Crippen molar-refractivity contribution in [3.05, 3.63) is 12.2 Å². The Morgan fingerprint density at radius 2 is 1.75 bits per heavy atom. The highest BCUT2D eigenvalue weighted by molar-refractivity contribution is 5.91. The van der Waals surface area contributed by atoms with Gasteiger partial charge in [-0.3, -0.25) is 4.79 Å². The van der Waals surface area contributed by atoms with E-state index in [0.717, 1.165) is 12.2 Å². The minimum Gasteiger partial charge on any atom is -0.466 e. The molecule has 0 fully saturated rings. The molecule has 1 amide bonds. The van der Waals surface area contributed by atoms with Crippen LogP contribution < -0.4 is 5.32 Å². The number of ether oxygens (including phenoxy) is 2. The molecule has 6 nitrogen and oxygen atoms in total. The van der Waals surface area contributed by atoms with Gasteiger partial charge in [-0.2, -0.15) is 0 Å². The molecule has 0 atom stereocenters. The van der Waals surface area contributed by atoms with E-state index in [0.29, 0.717) is 0 Å². The first-order valence-electron chi connectivity index (χ1n) is 4.68. The molecule has 0 saturated heterocycles. The average molecular weight is 229 g/mol. The number of carbonyl (C=O) groups is 3. The fourth-order valence-electron chi connectivity index (χ4n) is 0.635. The molecule has 0 aromatic rings. The predicted octanol–water partition coefficient (Wildman–Crippen LogP) is -0.0115. The summed E-state index contributed by atoms with van der Waals surface area (Å²) in [5.74, 6) is -1.77. The molecule has 0 aromatic heterocycles. The van der Waals surface area contributed by atoms with Crippen molar-refractivity contribution in [2.24, 2.45) is 5.92 Å². The van der Waals surface area contributed by atoms with E-state index >= 15 is 0 Å². The van der Waals surface area contributed by atoms with Gasteiger partial charge in [0.25, 0.3) is 0 Å². The Balaban J connectivity index is 3.79. The maximum atomic E-state index is 11.0. The van der Waals surface area contributed by atoms with Crippen molar-refractivity contribution in [1.29, 1.82) is 0 Å². The molecule has 0 heterocycles. The van der Waals surface area contributed by atoms with Crippen molar-refractivity contribution in [2.75, 3.05) is 13.8 Å². The van der Waals surface area contributed by atoms with Crippen LogP contribution in [0.25, 0.3) is 0 Å². The highest BCUT2D eigenvalue weighted by atomic mass is 16.5. The smallest absolute Gasteiger partial charge is 0.332 e. The number of carbonyl (C=O) groups excluding carboxylic acids is 3. The second-order valence-electron chi connectivity index (χ2n) is 3.16. The maximum absolute atomic E-state index is 11.0. The molecule has 0 aliphatic carbocycles. The van der Waals surface area contributed by atoms with Crippen molar-refractivity contribution in [1.82, 2.24) is 5.32 Å². The van der Waals surface area contributed by atoms with E-state index in [2.05, 4.69) is 14.8 Å². The van der Waals surface area contributed by atoms with Crippen LogP contribution in [-0.4, -0.2) is 31.7 Å². The molecule has 0 radical (unpaired) electrons. The summed E-state index contributed by atoms with van der Waals surface area (Å²) in [5, 5.41) is 2.38. The van der Waals surface area contributed by atoms with Gasteiger partial charge in [-0.1, -0.05) is 13.8 Å². The zero-order valence-electron chi connectivity index (χ0n) is 9.48. The van der Waals surface area contributed by atoms with Crippen LogP contribution >= 0.6 is 0 Å². The summed E-state index contributed by atoms with van der Waals surface area (Å²) < 4.78 is 8.86. The first kappa shape index (κ1) is 14.2. The largest absolute Gasteiger partial charge is 0.466 e. The minimum absolute atomic E-state index is 0.177. The minimum atomic E-state index is -0.727. The van der Waals surface area contributed by atoms with E-state index in [-0.39, 0.29) is 18.6 Å². The highest BCUT2D eigenvalue weighted by Crippen LogP contribution is 1.90. The van der Waals surface area contributed by atoms with Crippen LogP contribution in [0.1, 0.15) is 13.8 Å². The third-order valence-corrected chi connectivity index (χ3v) is 1.54. The topological polar surface area (TPSA) is 81.7 Å². The Kier molecular flexibility index (Phi) is 6.58. The van der Waals surface area contributed by atoms with Gasteiger partial charge in [0.2, 0.25) is 5.91 Å². The predicted molar refractivity (Wildman–Crippen MR) is 55.1 cm³/mol. The maximum Gasteiger partial charge on any atom is 0.332 e. The zero-order chi connectivity index (χ0) is 12.6. The van der Waals surface area contributed by atoms with Gasteiger partial charge in [0.1, 0.15) is 0 Å².